The number of nitrogen functional groups attached to an aromatic ring is 1. The van der Waals surface area contributed by atoms with Crippen LogP contribution in [-0.2, 0) is 0 Å². The van der Waals surface area contributed by atoms with E-state index in [2.05, 4.69) is 33.9 Å². The minimum Gasteiger partial charge on any atom is -0.384 e. The monoisotopic (exact) mass is 309 g/mol. The van der Waals surface area contributed by atoms with Crippen LogP contribution in [0.2, 0.25) is 0 Å². The van der Waals surface area contributed by atoms with Crippen LogP contribution in [0.4, 0.5) is 5.69 Å². The molecule has 2 rings (SSSR count). The van der Waals surface area contributed by atoms with E-state index in [0.29, 0.717) is 6.04 Å². The molecule has 1 fully saturated rings. The molecule has 0 aliphatic heterocycles. The lowest BCUT2D eigenvalue weighted by atomic mass is 9.93. The van der Waals surface area contributed by atoms with Gasteiger partial charge in [-0.25, -0.2) is 0 Å². The van der Waals surface area contributed by atoms with E-state index in [1.54, 1.807) is 0 Å². The smallest absolute Gasteiger partial charge is 0.124 e. The maximum Gasteiger partial charge on any atom is 0.124 e. The summed E-state index contributed by atoms with van der Waals surface area (Å²) in [6.07, 6.45) is 6.44. The lowest BCUT2D eigenvalue weighted by molar-refractivity contribution is 0.427. The number of nitrogens with two attached hydrogens (primary N) is 1. The van der Waals surface area contributed by atoms with E-state index in [1.807, 2.05) is 12.1 Å². The first-order valence-corrected chi connectivity index (χ1v) is 7.25. The first-order valence-electron chi connectivity index (χ1n) is 6.46. The number of anilines is 1. The summed E-state index contributed by atoms with van der Waals surface area (Å²) in [6, 6.07) is 6.58. The number of nitrogens with one attached hydrogen (secondary N) is 1. The quantitative estimate of drug-likeness (QED) is 0.663. The van der Waals surface area contributed by atoms with E-state index >= 15 is 0 Å². The van der Waals surface area contributed by atoms with Gasteiger partial charge in [0.15, 0.2) is 0 Å². The topological polar surface area (TPSA) is 53.1 Å². The van der Waals surface area contributed by atoms with Crippen molar-refractivity contribution in [2.24, 2.45) is 5.73 Å². The van der Waals surface area contributed by atoms with Gasteiger partial charge in [-0.1, -0.05) is 35.2 Å². The fraction of sp³-hybridized carbons (Fsp3) is 0.500. The molecule has 0 saturated heterocycles. The van der Waals surface area contributed by atoms with Crippen molar-refractivity contribution < 1.29 is 0 Å². The lowest BCUT2D eigenvalue weighted by Crippen LogP contribution is -2.34. The van der Waals surface area contributed by atoms with Crippen LogP contribution in [0.5, 0.6) is 0 Å². The lowest BCUT2D eigenvalue weighted by Gasteiger charge is -2.34. The predicted octanol–water partition coefficient (Wildman–Crippen LogP) is 3.50. The van der Waals surface area contributed by atoms with Crippen LogP contribution in [0.3, 0.4) is 0 Å². The van der Waals surface area contributed by atoms with Gasteiger partial charge in [0.05, 0.1) is 0 Å². The van der Waals surface area contributed by atoms with Gasteiger partial charge in [-0.05, 0) is 31.0 Å². The molecule has 4 heteroatoms. The molecule has 1 aliphatic carbocycles. The molecule has 0 radical (unpaired) electrons. The summed E-state index contributed by atoms with van der Waals surface area (Å²) < 4.78 is 0.966. The molecule has 98 valence electrons. The van der Waals surface area contributed by atoms with Crippen molar-refractivity contribution in [1.82, 2.24) is 0 Å². The van der Waals surface area contributed by atoms with Crippen LogP contribution in [0.1, 0.15) is 37.7 Å². The largest absolute Gasteiger partial charge is 0.384 e. The van der Waals surface area contributed by atoms with Gasteiger partial charge in [0.25, 0.3) is 0 Å². The molecule has 1 saturated carbocycles. The highest BCUT2D eigenvalue weighted by Crippen LogP contribution is 2.29. The summed E-state index contributed by atoms with van der Waals surface area (Å²) >= 11 is 3.44. The highest BCUT2D eigenvalue weighted by atomic mass is 79.9. The fourth-order valence-electron chi connectivity index (χ4n) is 2.70. The van der Waals surface area contributed by atoms with Crippen molar-refractivity contribution >= 4 is 27.5 Å². The maximum absolute atomic E-state index is 7.71. The molecule has 0 amide bonds. The Kier molecular flexibility index (Phi) is 4.27. The number of amidine groups is 1. The van der Waals surface area contributed by atoms with Gasteiger partial charge < -0.3 is 10.6 Å². The van der Waals surface area contributed by atoms with Crippen LogP contribution >= 0.6 is 15.9 Å². The second-order valence-electron chi connectivity index (χ2n) is 4.98. The van der Waals surface area contributed by atoms with Crippen LogP contribution in [0, 0.1) is 5.41 Å². The Morgan fingerprint density at radius 2 is 2.00 bits per heavy atom. The Labute approximate surface area is 117 Å². The number of halogens is 1. The molecule has 1 aromatic rings. The van der Waals surface area contributed by atoms with Crippen molar-refractivity contribution in [3.05, 3.63) is 28.2 Å². The van der Waals surface area contributed by atoms with Crippen LogP contribution in [0.15, 0.2) is 22.7 Å². The molecule has 0 unspecified atom stereocenters. The highest BCUT2D eigenvalue weighted by molar-refractivity contribution is 9.10. The minimum atomic E-state index is 0.133. The fourth-order valence-corrected chi connectivity index (χ4v) is 3.06. The normalized spacial score (nSPS) is 16.6. The molecular formula is C14H20BrN3. The zero-order chi connectivity index (χ0) is 13.1. The molecule has 0 atom stereocenters. The molecule has 3 nitrogen and oxygen atoms in total. The third-order valence-electron chi connectivity index (χ3n) is 3.75. The zero-order valence-corrected chi connectivity index (χ0v) is 12.3. The molecule has 3 N–H and O–H groups in total. The summed E-state index contributed by atoms with van der Waals surface area (Å²) in [6.45, 7) is 0. The second-order valence-corrected chi connectivity index (χ2v) is 5.89. The summed E-state index contributed by atoms with van der Waals surface area (Å²) in [5.41, 5.74) is 7.57. The Bertz CT molecular complexity index is 439. The van der Waals surface area contributed by atoms with Gasteiger partial charge in [0.1, 0.15) is 5.84 Å². The van der Waals surface area contributed by atoms with E-state index in [4.69, 9.17) is 11.1 Å². The van der Waals surface area contributed by atoms with Crippen molar-refractivity contribution in [3.8, 4) is 0 Å². The summed E-state index contributed by atoms with van der Waals surface area (Å²) in [4.78, 5) is 2.29. The van der Waals surface area contributed by atoms with Crippen molar-refractivity contribution in [1.29, 1.82) is 5.41 Å². The number of hydrogen-bond donors (Lipinski definition) is 2. The third-order valence-corrected chi connectivity index (χ3v) is 4.24. The molecule has 18 heavy (non-hydrogen) atoms. The molecule has 0 heterocycles. The number of hydrogen-bond acceptors (Lipinski definition) is 2. The number of benzene rings is 1. The average molecular weight is 310 g/mol. The number of nitrogens with zero attached hydrogens (tertiary/aromatic N) is 1. The Balaban J connectivity index is 2.28. The second kappa shape index (κ2) is 5.74. The molecule has 0 aromatic heterocycles. The van der Waals surface area contributed by atoms with E-state index in [9.17, 15) is 0 Å². The Morgan fingerprint density at radius 3 is 2.61 bits per heavy atom. The van der Waals surface area contributed by atoms with Crippen molar-refractivity contribution in [3.63, 3.8) is 0 Å². The standard InChI is InChI=1S/C14H20BrN3/c1-18(11-5-3-2-4-6-11)13-8-7-10(15)9-12(13)14(16)17/h7-9,11H,2-6H2,1H3,(H3,16,17). The molecular weight excluding hydrogens is 290 g/mol. The van der Waals surface area contributed by atoms with Gasteiger partial charge in [0.2, 0.25) is 0 Å². The third kappa shape index (κ3) is 2.86. The minimum absolute atomic E-state index is 0.133. The Hall–Kier alpha value is -1.03. The Morgan fingerprint density at radius 1 is 1.33 bits per heavy atom. The molecule has 0 bridgehead atoms. The van der Waals surface area contributed by atoms with Crippen LogP contribution < -0.4 is 10.6 Å². The van der Waals surface area contributed by atoms with Crippen LogP contribution in [-0.4, -0.2) is 18.9 Å². The SMILES string of the molecule is CN(c1ccc(Br)cc1C(=N)N)C1CCCCC1. The summed E-state index contributed by atoms with van der Waals surface area (Å²) in [7, 11) is 2.12. The maximum atomic E-state index is 7.71. The van der Waals surface area contributed by atoms with Gasteiger partial charge in [-0.3, -0.25) is 5.41 Å². The summed E-state index contributed by atoms with van der Waals surface area (Å²) in [5, 5.41) is 7.71. The van der Waals surface area contributed by atoms with Gasteiger partial charge in [0, 0.05) is 28.8 Å². The van der Waals surface area contributed by atoms with Gasteiger partial charge >= 0.3 is 0 Å². The van der Waals surface area contributed by atoms with Gasteiger partial charge in [-0.2, -0.15) is 0 Å². The zero-order valence-electron chi connectivity index (χ0n) is 10.7. The van der Waals surface area contributed by atoms with Crippen molar-refractivity contribution in [2.45, 2.75) is 38.1 Å². The number of rotatable bonds is 3. The predicted molar refractivity (Wildman–Crippen MR) is 80.4 cm³/mol. The highest BCUT2D eigenvalue weighted by Gasteiger charge is 2.20. The van der Waals surface area contributed by atoms with E-state index < -0.39 is 0 Å². The van der Waals surface area contributed by atoms with Gasteiger partial charge in [-0.15, -0.1) is 0 Å². The average Bonchev–Trinajstić information content (AvgIpc) is 2.39. The molecule has 1 aliphatic rings. The molecule has 0 spiro atoms. The first-order chi connectivity index (χ1) is 8.59. The summed E-state index contributed by atoms with van der Waals surface area (Å²) in [5.74, 6) is 0.133. The van der Waals surface area contributed by atoms with E-state index in [1.165, 1.54) is 32.1 Å². The van der Waals surface area contributed by atoms with E-state index in [-0.39, 0.29) is 5.84 Å². The van der Waals surface area contributed by atoms with Crippen molar-refractivity contribution in [2.75, 3.05) is 11.9 Å². The van der Waals surface area contributed by atoms with Crippen LogP contribution in [0.25, 0.3) is 0 Å². The molecule has 1 aromatic carbocycles. The first kappa shape index (κ1) is 13.4. The van der Waals surface area contributed by atoms with E-state index in [0.717, 1.165) is 15.7 Å².